The zero-order chi connectivity index (χ0) is 17.0. The topological polar surface area (TPSA) is 84.2 Å². The van der Waals surface area contributed by atoms with Gasteiger partial charge in [0.25, 0.3) is 0 Å². The van der Waals surface area contributed by atoms with Crippen molar-refractivity contribution < 1.29 is 14.3 Å². The van der Waals surface area contributed by atoms with Crippen LogP contribution in [0, 0.1) is 11.3 Å². The molecule has 0 aromatic carbocycles. The van der Waals surface area contributed by atoms with E-state index in [1.54, 1.807) is 32.5 Å². The predicted molar refractivity (Wildman–Crippen MR) is 87.0 cm³/mol. The fourth-order valence-corrected chi connectivity index (χ4v) is 3.06. The Hall–Kier alpha value is -2.17. The third kappa shape index (κ3) is 3.28. The summed E-state index contributed by atoms with van der Waals surface area (Å²) in [4.78, 5) is 16.4. The molecule has 0 fully saturated rings. The van der Waals surface area contributed by atoms with Gasteiger partial charge >= 0.3 is 5.97 Å². The number of aromatic nitrogens is 1. The average molecular weight is 378 g/mol. The van der Waals surface area contributed by atoms with Gasteiger partial charge in [0, 0.05) is 29.7 Å². The molecule has 6 nitrogen and oxygen atoms in total. The van der Waals surface area contributed by atoms with Gasteiger partial charge in [-0.15, -0.1) is 0 Å². The Kier molecular flexibility index (Phi) is 5.53. The zero-order valence-electron chi connectivity index (χ0n) is 13.0. The monoisotopic (exact) mass is 377 g/mol. The minimum Gasteiger partial charge on any atom is -0.466 e. The molecule has 0 aliphatic carbocycles. The average Bonchev–Trinajstić information content (AvgIpc) is 2.54. The van der Waals surface area contributed by atoms with Crippen molar-refractivity contribution in [2.24, 2.45) is 0 Å². The van der Waals surface area contributed by atoms with E-state index in [0.29, 0.717) is 27.0 Å². The van der Waals surface area contributed by atoms with E-state index in [4.69, 9.17) is 9.47 Å². The van der Waals surface area contributed by atoms with Crippen molar-refractivity contribution in [2.45, 2.75) is 12.8 Å². The first-order chi connectivity index (χ1) is 11.0. The number of carbonyl (C=O) groups excluding carboxylic acids is 1. The molecule has 120 valence electrons. The van der Waals surface area contributed by atoms with E-state index in [-0.39, 0.29) is 6.61 Å². The van der Waals surface area contributed by atoms with E-state index in [0.717, 1.165) is 5.56 Å². The summed E-state index contributed by atoms with van der Waals surface area (Å²) in [6, 6.07) is 3.97. The molecule has 23 heavy (non-hydrogen) atoms. The van der Waals surface area contributed by atoms with Gasteiger partial charge in [-0.2, -0.15) is 5.26 Å². The molecule has 1 atom stereocenters. The number of dihydropyridines is 1. The van der Waals surface area contributed by atoms with Gasteiger partial charge in [0.05, 0.1) is 42.5 Å². The third-order valence-corrected chi connectivity index (χ3v) is 4.24. The van der Waals surface area contributed by atoms with Crippen LogP contribution < -0.4 is 5.32 Å². The predicted octanol–water partition coefficient (Wildman–Crippen LogP) is 2.40. The number of nitrogens with one attached hydrogen (secondary N) is 1. The number of methoxy groups -OCH3 is 2. The third-order valence-electron chi connectivity index (χ3n) is 3.57. The van der Waals surface area contributed by atoms with Gasteiger partial charge in [0.2, 0.25) is 0 Å². The van der Waals surface area contributed by atoms with Crippen LogP contribution in [-0.2, 0) is 14.3 Å². The van der Waals surface area contributed by atoms with Gasteiger partial charge < -0.3 is 14.8 Å². The summed E-state index contributed by atoms with van der Waals surface area (Å²) in [6.07, 6.45) is 3.25. The summed E-state index contributed by atoms with van der Waals surface area (Å²) in [5, 5.41) is 12.7. The maximum absolute atomic E-state index is 12.4. The van der Waals surface area contributed by atoms with Crippen LogP contribution in [0.2, 0.25) is 0 Å². The number of halogens is 1. The van der Waals surface area contributed by atoms with Crippen LogP contribution in [0.1, 0.15) is 18.4 Å². The number of allylic oxidation sites excluding steroid dienone is 2. The van der Waals surface area contributed by atoms with E-state index in [1.807, 2.05) is 0 Å². The molecule has 7 heteroatoms. The first-order valence-electron chi connectivity index (χ1n) is 6.82. The van der Waals surface area contributed by atoms with Gasteiger partial charge in [-0.25, -0.2) is 4.79 Å². The van der Waals surface area contributed by atoms with Crippen molar-refractivity contribution in [2.75, 3.05) is 20.8 Å². The van der Waals surface area contributed by atoms with Crippen molar-refractivity contribution >= 4 is 21.9 Å². The number of hydrogen-bond acceptors (Lipinski definition) is 6. The minimum absolute atomic E-state index is 0.208. The molecule has 0 spiro atoms. The molecule has 1 unspecified atom stereocenters. The van der Waals surface area contributed by atoms with E-state index >= 15 is 0 Å². The molecule has 1 aromatic heterocycles. The summed E-state index contributed by atoms with van der Waals surface area (Å²) in [5.74, 6) is -1.05. The Morgan fingerprint density at radius 3 is 2.83 bits per heavy atom. The quantitative estimate of drug-likeness (QED) is 0.810. The maximum atomic E-state index is 12.4. The Balaban J connectivity index is 2.72. The number of carbonyl (C=O) groups is 1. The lowest BCUT2D eigenvalue weighted by atomic mass is 9.81. The number of hydrogen-bond donors (Lipinski definition) is 1. The van der Waals surface area contributed by atoms with Gasteiger partial charge in [-0.05, 0) is 34.5 Å². The molecule has 0 amide bonds. The molecule has 2 rings (SSSR count). The summed E-state index contributed by atoms with van der Waals surface area (Å²) in [7, 11) is 2.86. The number of esters is 1. The molecule has 0 bridgehead atoms. The van der Waals surface area contributed by atoms with Crippen molar-refractivity contribution in [3.8, 4) is 6.07 Å². The molecule has 0 saturated heterocycles. The first kappa shape index (κ1) is 17.2. The smallest absolute Gasteiger partial charge is 0.336 e. The molecule has 1 aliphatic rings. The lowest BCUT2D eigenvalue weighted by Gasteiger charge is -2.29. The lowest BCUT2D eigenvalue weighted by Crippen LogP contribution is -2.31. The Morgan fingerprint density at radius 1 is 1.52 bits per heavy atom. The number of nitriles is 1. The second-order valence-electron chi connectivity index (χ2n) is 4.92. The number of rotatable bonds is 4. The summed E-state index contributed by atoms with van der Waals surface area (Å²) in [6.45, 7) is 2.00. The fourth-order valence-electron chi connectivity index (χ4n) is 2.58. The van der Waals surface area contributed by atoms with Crippen molar-refractivity contribution in [1.29, 1.82) is 5.26 Å². The highest BCUT2D eigenvalue weighted by molar-refractivity contribution is 9.10. The SMILES string of the molecule is COCC1=C(C(=O)OC)C(c2ccncc2Br)C(C#N)=C(C)N1. The highest BCUT2D eigenvalue weighted by Crippen LogP contribution is 2.40. The standard InChI is InChI=1S/C16H16BrN3O3/c1-9-11(6-18)14(10-4-5-19-7-12(10)17)15(16(21)23-3)13(20-9)8-22-2/h4-5,7,14,20H,8H2,1-3H3. The molecule has 0 saturated carbocycles. The Bertz CT molecular complexity index is 734. The molecular weight excluding hydrogens is 362 g/mol. The number of pyridine rings is 1. The Morgan fingerprint density at radius 2 is 2.26 bits per heavy atom. The van der Waals surface area contributed by atoms with Crippen molar-refractivity contribution in [3.63, 3.8) is 0 Å². The number of ether oxygens (including phenoxy) is 2. The summed E-state index contributed by atoms with van der Waals surface area (Å²) in [5.41, 5.74) is 2.86. The fraction of sp³-hybridized carbons (Fsp3) is 0.312. The second-order valence-corrected chi connectivity index (χ2v) is 5.78. The second kappa shape index (κ2) is 7.40. The largest absolute Gasteiger partial charge is 0.466 e. The van der Waals surface area contributed by atoms with E-state index < -0.39 is 11.9 Å². The van der Waals surface area contributed by atoms with Gasteiger partial charge in [0.15, 0.2) is 0 Å². The van der Waals surface area contributed by atoms with Crippen LogP contribution in [0.4, 0.5) is 0 Å². The first-order valence-corrected chi connectivity index (χ1v) is 7.62. The maximum Gasteiger partial charge on any atom is 0.336 e. The van der Waals surface area contributed by atoms with Crippen LogP contribution in [0.25, 0.3) is 0 Å². The highest BCUT2D eigenvalue weighted by atomic mass is 79.9. The molecule has 0 radical (unpaired) electrons. The number of nitrogens with zero attached hydrogens (tertiary/aromatic N) is 2. The molecule has 1 aliphatic heterocycles. The Labute approximate surface area is 142 Å². The van der Waals surface area contributed by atoms with Crippen LogP contribution in [0.15, 0.2) is 45.5 Å². The lowest BCUT2D eigenvalue weighted by molar-refractivity contribution is -0.136. The molecule has 1 aromatic rings. The molecule has 1 N–H and O–H groups in total. The van der Waals surface area contributed by atoms with E-state index in [2.05, 4.69) is 32.3 Å². The highest BCUT2D eigenvalue weighted by Gasteiger charge is 2.36. The van der Waals surface area contributed by atoms with Crippen molar-refractivity contribution in [3.05, 3.63) is 51.0 Å². The minimum atomic E-state index is -0.545. The van der Waals surface area contributed by atoms with Crippen LogP contribution >= 0.6 is 15.9 Å². The van der Waals surface area contributed by atoms with Gasteiger partial charge in [-0.1, -0.05) is 0 Å². The normalized spacial score (nSPS) is 17.6. The molecular formula is C16H16BrN3O3. The van der Waals surface area contributed by atoms with E-state index in [9.17, 15) is 10.1 Å². The van der Waals surface area contributed by atoms with Crippen molar-refractivity contribution in [1.82, 2.24) is 10.3 Å². The summed E-state index contributed by atoms with van der Waals surface area (Å²) < 4.78 is 10.8. The zero-order valence-corrected chi connectivity index (χ0v) is 14.6. The van der Waals surface area contributed by atoms with Gasteiger partial charge in [0.1, 0.15) is 0 Å². The van der Waals surface area contributed by atoms with E-state index in [1.165, 1.54) is 7.11 Å². The van der Waals surface area contributed by atoms with Crippen LogP contribution in [0.3, 0.4) is 0 Å². The molecule has 2 heterocycles. The van der Waals surface area contributed by atoms with Gasteiger partial charge in [-0.3, -0.25) is 4.98 Å². The van der Waals surface area contributed by atoms with Crippen LogP contribution in [0.5, 0.6) is 0 Å². The van der Waals surface area contributed by atoms with Crippen LogP contribution in [-0.4, -0.2) is 31.8 Å². The summed E-state index contributed by atoms with van der Waals surface area (Å²) >= 11 is 3.45.